The van der Waals surface area contributed by atoms with Crippen LogP contribution in [0.4, 0.5) is 0 Å². The second-order valence-corrected chi connectivity index (χ2v) is 7.51. The molecule has 28 heavy (non-hydrogen) atoms. The summed E-state index contributed by atoms with van der Waals surface area (Å²) in [4.78, 5) is 19.8. The zero-order valence-electron chi connectivity index (χ0n) is 16.6. The molecule has 0 radical (unpaired) electrons. The molecule has 4 heteroatoms. The lowest BCUT2D eigenvalue weighted by atomic mass is 10.0. The summed E-state index contributed by atoms with van der Waals surface area (Å²) in [6.45, 7) is 3.76. The van der Waals surface area contributed by atoms with E-state index in [1.165, 1.54) is 18.4 Å². The maximum atomic E-state index is 13.0. The van der Waals surface area contributed by atoms with Crippen LogP contribution in [0.5, 0.6) is 5.75 Å². The second-order valence-electron chi connectivity index (χ2n) is 7.51. The lowest BCUT2D eigenvalue weighted by Gasteiger charge is -2.20. The molecular weight excluding hydrogens is 348 g/mol. The number of aromatic nitrogens is 1. The molecule has 0 N–H and O–H groups in total. The van der Waals surface area contributed by atoms with Crippen molar-refractivity contribution in [3.63, 3.8) is 0 Å². The minimum absolute atomic E-state index is 0.105. The topological polar surface area (TPSA) is 42.4 Å². The fraction of sp³-hybridized carbons (Fsp3) is 0.333. The van der Waals surface area contributed by atoms with Crippen molar-refractivity contribution >= 4 is 16.8 Å². The molecule has 2 heterocycles. The van der Waals surface area contributed by atoms with Gasteiger partial charge in [-0.2, -0.15) is 0 Å². The smallest absolute Gasteiger partial charge is 0.253 e. The molecule has 0 atom stereocenters. The number of methoxy groups -OCH3 is 1. The quantitative estimate of drug-likeness (QED) is 0.630. The maximum absolute atomic E-state index is 13.0. The number of aryl methyl sites for hydroxylation is 1. The van der Waals surface area contributed by atoms with Crippen molar-refractivity contribution in [2.75, 3.05) is 20.2 Å². The Morgan fingerprint density at radius 3 is 2.36 bits per heavy atom. The summed E-state index contributed by atoms with van der Waals surface area (Å²) in [5, 5.41) is 0.874. The molecule has 0 bridgehead atoms. The Bertz CT molecular complexity index is 987. The Kier molecular flexibility index (Phi) is 5.29. The van der Waals surface area contributed by atoms with Gasteiger partial charge in [-0.3, -0.25) is 4.79 Å². The predicted octanol–water partition coefficient (Wildman–Crippen LogP) is 5.24. The Hall–Kier alpha value is -2.88. The van der Waals surface area contributed by atoms with Gasteiger partial charge in [-0.1, -0.05) is 42.7 Å². The Morgan fingerprint density at radius 2 is 1.68 bits per heavy atom. The van der Waals surface area contributed by atoms with Gasteiger partial charge in [0.1, 0.15) is 5.75 Å². The van der Waals surface area contributed by atoms with Gasteiger partial charge in [-0.05, 0) is 38.0 Å². The van der Waals surface area contributed by atoms with Crippen LogP contribution in [-0.2, 0) is 0 Å². The molecule has 1 amide bonds. The molecule has 0 aliphatic carbocycles. The molecule has 0 spiro atoms. The molecule has 3 aromatic rings. The van der Waals surface area contributed by atoms with Gasteiger partial charge in [0.2, 0.25) is 0 Å². The van der Waals surface area contributed by atoms with E-state index in [2.05, 4.69) is 31.2 Å². The molecule has 1 aromatic heterocycles. The number of pyridine rings is 1. The van der Waals surface area contributed by atoms with Crippen LogP contribution in [0.3, 0.4) is 0 Å². The van der Waals surface area contributed by atoms with E-state index < -0.39 is 0 Å². The predicted molar refractivity (Wildman–Crippen MR) is 113 cm³/mol. The second kappa shape index (κ2) is 8.01. The molecule has 1 aliphatic rings. The van der Waals surface area contributed by atoms with Crippen molar-refractivity contribution in [2.24, 2.45) is 0 Å². The average molecular weight is 374 g/mol. The molecule has 1 saturated heterocycles. The van der Waals surface area contributed by atoms with Gasteiger partial charge in [0.25, 0.3) is 5.91 Å². The largest absolute Gasteiger partial charge is 0.496 e. The summed E-state index contributed by atoms with van der Waals surface area (Å²) in [7, 11) is 1.66. The average Bonchev–Trinajstić information content (AvgIpc) is 3.02. The summed E-state index contributed by atoms with van der Waals surface area (Å²) in [6, 6.07) is 16.0. The molecule has 1 aliphatic heterocycles. The highest BCUT2D eigenvalue weighted by molar-refractivity contribution is 5.99. The summed E-state index contributed by atoms with van der Waals surface area (Å²) >= 11 is 0. The van der Waals surface area contributed by atoms with Gasteiger partial charge in [-0.15, -0.1) is 0 Å². The van der Waals surface area contributed by atoms with E-state index in [4.69, 9.17) is 9.72 Å². The van der Waals surface area contributed by atoms with Gasteiger partial charge in [0, 0.05) is 35.7 Å². The first-order chi connectivity index (χ1) is 13.7. The number of ether oxygens (including phenoxy) is 1. The van der Waals surface area contributed by atoms with Crippen LogP contribution in [0.15, 0.2) is 48.5 Å². The zero-order valence-corrected chi connectivity index (χ0v) is 16.6. The standard InChI is InChI=1S/C24H26N2O2/c1-17-7-9-18(10-8-17)22-16-23(28-2)20-15-19(11-12-21(20)25-22)24(27)26-13-5-3-4-6-14-26/h7-12,15-16H,3-6,13-14H2,1-2H3. The number of benzene rings is 2. The number of hydrogen-bond donors (Lipinski definition) is 0. The first kappa shape index (κ1) is 18.5. The lowest BCUT2D eigenvalue weighted by molar-refractivity contribution is 0.0762. The van der Waals surface area contributed by atoms with Gasteiger partial charge >= 0.3 is 0 Å². The number of nitrogens with zero attached hydrogens (tertiary/aromatic N) is 2. The summed E-state index contributed by atoms with van der Waals surface area (Å²) in [5.74, 6) is 0.847. The number of carbonyl (C=O) groups excluding carboxylic acids is 1. The zero-order chi connectivity index (χ0) is 19.5. The van der Waals surface area contributed by atoms with Crippen molar-refractivity contribution in [1.82, 2.24) is 9.88 Å². The molecule has 0 saturated carbocycles. The van der Waals surface area contributed by atoms with Crippen molar-refractivity contribution < 1.29 is 9.53 Å². The van der Waals surface area contributed by atoms with Crippen molar-refractivity contribution in [3.8, 4) is 17.0 Å². The van der Waals surface area contributed by atoms with E-state index in [9.17, 15) is 4.79 Å². The molecular formula is C24H26N2O2. The minimum atomic E-state index is 0.105. The van der Waals surface area contributed by atoms with Gasteiger partial charge in [-0.25, -0.2) is 4.98 Å². The van der Waals surface area contributed by atoms with Crippen LogP contribution in [0.25, 0.3) is 22.2 Å². The number of amides is 1. The van der Waals surface area contributed by atoms with Crippen LogP contribution in [0, 0.1) is 6.92 Å². The Balaban J connectivity index is 1.72. The van der Waals surface area contributed by atoms with Gasteiger partial charge < -0.3 is 9.64 Å². The van der Waals surface area contributed by atoms with Gasteiger partial charge in [0.15, 0.2) is 0 Å². The third-order valence-electron chi connectivity index (χ3n) is 5.48. The third kappa shape index (κ3) is 3.72. The number of hydrogen-bond acceptors (Lipinski definition) is 3. The number of carbonyl (C=O) groups is 1. The molecule has 4 nitrogen and oxygen atoms in total. The van der Waals surface area contributed by atoms with E-state index in [0.717, 1.165) is 53.8 Å². The van der Waals surface area contributed by atoms with E-state index in [-0.39, 0.29) is 5.91 Å². The van der Waals surface area contributed by atoms with Crippen LogP contribution in [-0.4, -0.2) is 36.0 Å². The monoisotopic (exact) mass is 374 g/mol. The lowest BCUT2D eigenvalue weighted by Crippen LogP contribution is -2.31. The highest BCUT2D eigenvalue weighted by atomic mass is 16.5. The van der Waals surface area contributed by atoms with E-state index in [0.29, 0.717) is 5.56 Å². The van der Waals surface area contributed by atoms with Crippen molar-refractivity contribution in [2.45, 2.75) is 32.6 Å². The maximum Gasteiger partial charge on any atom is 0.253 e. The summed E-state index contributed by atoms with van der Waals surface area (Å²) in [6.07, 6.45) is 4.59. The highest BCUT2D eigenvalue weighted by Crippen LogP contribution is 2.31. The van der Waals surface area contributed by atoms with Crippen LogP contribution >= 0.6 is 0 Å². The van der Waals surface area contributed by atoms with E-state index in [1.807, 2.05) is 29.2 Å². The fourth-order valence-electron chi connectivity index (χ4n) is 3.83. The molecule has 1 fully saturated rings. The van der Waals surface area contributed by atoms with Crippen LogP contribution in [0.1, 0.15) is 41.6 Å². The summed E-state index contributed by atoms with van der Waals surface area (Å²) in [5.41, 5.74) is 4.68. The van der Waals surface area contributed by atoms with Gasteiger partial charge in [0.05, 0.1) is 18.3 Å². The molecule has 4 rings (SSSR count). The summed E-state index contributed by atoms with van der Waals surface area (Å²) < 4.78 is 5.65. The molecule has 144 valence electrons. The van der Waals surface area contributed by atoms with Crippen LogP contribution < -0.4 is 4.74 Å². The van der Waals surface area contributed by atoms with Crippen molar-refractivity contribution in [3.05, 3.63) is 59.7 Å². The number of likely N-dealkylation sites (tertiary alicyclic amines) is 1. The molecule has 0 unspecified atom stereocenters. The Labute approximate surface area is 166 Å². The number of rotatable bonds is 3. The highest BCUT2D eigenvalue weighted by Gasteiger charge is 2.18. The van der Waals surface area contributed by atoms with E-state index in [1.54, 1.807) is 7.11 Å². The SMILES string of the molecule is COc1cc(-c2ccc(C)cc2)nc2ccc(C(=O)N3CCCCCC3)cc12. The molecule has 2 aromatic carbocycles. The Morgan fingerprint density at radius 1 is 0.964 bits per heavy atom. The normalized spacial score (nSPS) is 14.7. The fourth-order valence-corrected chi connectivity index (χ4v) is 3.83. The third-order valence-corrected chi connectivity index (χ3v) is 5.48. The van der Waals surface area contributed by atoms with Crippen LogP contribution in [0.2, 0.25) is 0 Å². The number of fused-ring (bicyclic) bond motifs is 1. The first-order valence-corrected chi connectivity index (χ1v) is 10.0. The first-order valence-electron chi connectivity index (χ1n) is 10.0. The minimum Gasteiger partial charge on any atom is -0.496 e. The van der Waals surface area contributed by atoms with E-state index >= 15 is 0 Å². The van der Waals surface area contributed by atoms with Crippen molar-refractivity contribution in [1.29, 1.82) is 0 Å².